The average molecular weight is 404 g/mol. The summed E-state index contributed by atoms with van der Waals surface area (Å²) in [4.78, 5) is 33.5. The highest BCUT2D eigenvalue weighted by Gasteiger charge is 2.26. The van der Waals surface area contributed by atoms with Crippen LogP contribution in [0, 0.1) is 5.92 Å². The number of nitrogens with zero attached hydrogens (tertiary/aromatic N) is 4. The van der Waals surface area contributed by atoms with Gasteiger partial charge in [0.1, 0.15) is 0 Å². The fourth-order valence-electron chi connectivity index (χ4n) is 3.77. The van der Waals surface area contributed by atoms with Gasteiger partial charge in [0.05, 0.1) is 11.4 Å². The highest BCUT2D eigenvalue weighted by molar-refractivity contribution is 7.13. The van der Waals surface area contributed by atoms with Crippen LogP contribution >= 0.6 is 11.3 Å². The maximum absolute atomic E-state index is 12.4. The molecule has 2 aliphatic rings. The quantitative estimate of drug-likeness (QED) is 0.757. The van der Waals surface area contributed by atoms with Crippen LogP contribution in [0.2, 0.25) is 0 Å². The number of nitrogens with one attached hydrogen (secondary N) is 1. The first-order valence-electron chi connectivity index (χ1n) is 9.83. The monoisotopic (exact) mass is 403 g/mol. The highest BCUT2D eigenvalue weighted by Crippen LogP contribution is 2.23. The normalized spacial score (nSPS) is 18.7. The van der Waals surface area contributed by atoms with Gasteiger partial charge in [-0.15, -0.1) is 11.3 Å². The maximum atomic E-state index is 12.4. The second-order valence-corrected chi connectivity index (χ2v) is 8.26. The summed E-state index contributed by atoms with van der Waals surface area (Å²) in [7, 11) is 0. The minimum absolute atomic E-state index is 0.0369. The predicted molar refractivity (Wildman–Crippen MR) is 104 cm³/mol. The van der Waals surface area contributed by atoms with Crippen molar-refractivity contribution in [1.29, 1.82) is 0 Å². The minimum atomic E-state index is 0.0369. The molecule has 0 unspecified atom stereocenters. The Morgan fingerprint density at radius 3 is 2.89 bits per heavy atom. The summed E-state index contributed by atoms with van der Waals surface area (Å²) in [5.74, 6) is 1.59. The van der Waals surface area contributed by atoms with Crippen molar-refractivity contribution in [2.75, 3.05) is 32.7 Å². The molecule has 0 radical (unpaired) electrons. The predicted octanol–water partition coefficient (Wildman–Crippen LogP) is 1.75. The van der Waals surface area contributed by atoms with E-state index in [1.807, 2.05) is 22.4 Å². The van der Waals surface area contributed by atoms with Gasteiger partial charge >= 0.3 is 0 Å². The van der Waals surface area contributed by atoms with Gasteiger partial charge in [-0.2, -0.15) is 4.98 Å². The van der Waals surface area contributed by atoms with Crippen molar-refractivity contribution in [3.05, 3.63) is 23.4 Å². The Morgan fingerprint density at radius 1 is 1.32 bits per heavy atom. The molecule has 2 fully saturated rings. The van der Waals surface area contributed by atoms with Gasteiger partial charge in [0.2, 0.25) is 23.5 Å². The van der Waals surface area contributed by atoms with Gasteiger partial charge in [0.15, 0.2) is 0 Å². The van der Waals surface area contributed by atoms with Crippen molar-refractivity contribution in [2.45, 2.75) is 32.2 Å². The van der Waals surface area contributed by atoms with E-state index in [4.69, 9.17) is 4.52 Å². The molecule has 1 N–H and O–H groups in total. The zero-order chi connectivity index (χ0) is 19.3. The number of piperidine rings is 1. The first-order valence-corrected chi connectivity index (χ1v) is 10.7. The number of carbonyl (C=O) groups is 2. The summed E-state index contributed by atoms with van der Waals surface area (Å²) < 4.78 is 5.37. The van der Waals surface area contributed by atoms with E-state index in [-0.39, 0.29) is 17.7 Å². The topological polar surface area (TPSA) is 91.6 Å². The first kappa shape index (κ1) is 19.1. The lowest BCUT2D eigenvalue weighted by molar-refractivity contribution is -0.129. The molecule has 4 rings (SSSR count). The standard InChI is InChI=1S/C19H25N5O3S/c25-17-4-1-8-24(17)11-7-20-19(26)14-5-9-23(10-6-14)13-16-21-18(22-27-16)15-3-2-12-28-15/h2-3,12,14H,1,4-11,13H2,(H,20,26). The van der Waals surface area contributed by atoms with Crippen LogP contribution in [0.1, 0.15) is 31.6 Å². The molecular formula is C19H25N5O3S. The van der Waals surface area contributed by atoms with Crippen LogP contribution < -0.4 is 5.32 Å². The van der Waals surface area contributed by atoms with Gasteiger partial charge in [0, 0.05) is 32.0 Å². The van der Waals surface area contributed by atoms with Gasteiger partial charge in [-0.25, -0.2) is 0 Å². The molecule has 2 aromatic rings. The molecule has 4 heterocycles. The summed E-state index contributed by atoms with van der Waals surface area (Å²) in [6.07, 6.45) is 3.21. The minimum Gasteiger partial charge on any atom is -0.354 e. The van der Waals surface area contributed by atoms with E-state index in [9.17, 15) is 9.59 Å². The van der Waals surface area contributed by atoms with E-state index < -0.39 is 0 Å². The number of likely N-dealkylation sites (tertiary alicyclic amines) is 2. The van der Waals surface area contributed by atoms with Crippen LogP contribution in [-0.2, 0) is 16.1 Å². The fraction of sp³-hybridized carbons (Fsp3) is 0.579. The summed E-state index contributed by atoms with van der Waals surface area (Å²) in [5.41, 5.74) is 0. The molecule has 0 spiro atoms. The van der Waals surface area contributed by atoms with Gasteiger partial charge in [-0.1, -0.05) is 11.2 Å². The Labute approximate surface area is 167 Å². The van der Waals surface area contributed by atoms with E-state index in [0.717, 1.165) is 43.8 Å². The molecule has 2 aliphatic heterocycles. The molecule has 0 bridgehead atoms. The SMILES string of the molecule is O=C(NCCN1CCCC1=O)C1CCN(Cc2nc(-c3cccs3)no2)CC1. The van der Waals surface area contributed by atoms with Crippen molar-refractivity contribution < 1.29 is 14.1 Å². The zero-order valence-electron chi connectivity index (χ0n) is 15.8. The zero-order valence-corrected chi connectivity index (χ0v) is 16.6. The molecule has 28 heavy (non-hydrogen) atoms. The van der Waals surface area contributed by atoms with Crippen molar-refractivity contribution >= 4 is 23.2 Å². The second kappa shape index (κ2) is 8.83. The van der Waals surface area contributed by atoms with E-state index in [0.29, 0.717) is 37.8 Å². The van der Waals surface area contributed by atoms with Crippen LogP contribution in [0.3, 0.4) is 0 Å². The van der Waals surface area contributed by atoms with Crippen LogP contribution in [0.5, 0.6) is 0 Å². The average Bonchev–Trinajstić information content (AvgIpc) is 3.45. The third kappa shape index (κ3) is 4.59. The van der Waals surface area contributed by atoms with Crippen LogP contribution in [-0.4, -0.2) is 64.5 Å². The number of carbonyl (C=O) groups excluding carboxylic acids is 2. The van der Waals surface area contributed by atoms with E-state index in [1.165, 1.54) is 0 Å². The molecule has 8 nitrogen and oxygen atoms in total. The molecule has 9 heteroatoms. The van der Waals surface area contributed by atoms with E-state index >= 15 is 0 Å². The molecule has 150 valence electrons. The Morgan fingerprint density at radius 2 is 2.18 bits per heavy atom. The third-order valence-corrected chi connectivity index (χ3v) is 6.25. The number of thiophene rings is 1. The highest BCUT2D eigenvalue weighted by atomic mass is 32.1. The van der Waals surface area contributed by atoms with E-state index in [2.05, 4.69) is 20.4 Å². The van der Waals surface area contributed by atoms with Crippen molar-refractivity contribution in [2.24, 2.45) is 5.92 Å². The fourth-order valence-corrected chi connectivity index (χ4v) is 4.42. The lowest BCUT2D eigenvalue weighted by Crippen LogP contribution is -2.42. The molecule has 0 aliphatic carbocycles. The Bertz CT molecular complexity index is 798. The molecular weight excluding hydrogens is 378 g/mol. The number of hydrogen-bond acceptors (Lipinski definition) is 7. The molecule has 0 atom stereocenters. The van der Waals surface area contributed by atoms with Crippen LogP contribution in [0.25, 0.3) is 10.7 Å². The maximum Gasteiger partial charge on any atom is 0.241 e. The number of hydrogen-bond donors (Lipinski definition) is 1. The van der Waals surface area contributed by atoms with E-state index in [1.54, 1.807) is 11.3 Å². The van der Waals surface area contributed by atoms with Gasteiger partial charge in [-0.3, -0.25) is 14.5 Å². The Hall–Kier alpha value is -2.26. The summed E-state index contributed by atoms with van der Waals surface area (Å²) in [6.45, 7) is 4.25. The third-order valence-electron chi connectivity index (χ3n) is 5.38. The van der Waals surface area contributed by atoms with Crippen molar-refractivity contribution in [3.8, 4) is 10.7 Å². The van der Waals surface area contributed by atoms with Crippen LogP contribution in [0.4, 0.5) is 0 Å². The van der Waals surface area contributed by atoms with Crippen molar-refractivity contribution in [1.82, 2.24) is 25.3 Å². The molecule has 2 saturated heterocycles. The molecule has 2 amide bonds. The van der Waals surface area contributed by atoms with Crippen LogP contribution in [0.15, 0.2) is 22.0 Å². The Balaban J connectivity index is 1.18. The summed E-state index contributed by atoms with van der Waals surface area (Å²) in [6, 6.07) is 3.94. The number of rotatable bonds is 7. The van der Waals surface area contributed by atoms with Gasteiger partial charge in [-0.05, 0) is 43.8 Å². The van der Waals surface area contributed by atoms with Gasteiger partial charge in [0.25, 0.3) is 0 Å². The number of aromatic nitrogens is 2. The molecule has 0 saturated carbocycles. The molecule has 2 aromatic heterocycles. The molecule has 0 aromatic carbocycles. The number of amides is 2. The van der Waals surface area contributed by atoms with Crippen molar-refractivity contribution in [3.63, 3.8) is 0 Å². The summed E-state index contributed by atoms with van der Waals surface area (Å²) >= 11 is 1.59. The van der Waals surface area contributed by atoms with Gasteiger partial charge < -0.3 is 14.7 Å². The lowest BCUT2D eigenvalue weighted by Gasteiger charge is -2.30. The smallest absolute Gasteiger partial charge is 0.241 e. The first-order chi connectivity index (χ1) is 13.7. The summed E-state index contributed by atoms with van der Waals surface area (Å²) in [5, 5.41) is 9.03. The largest absolute Gasteiger partial charge is 0.354 e. The second-order valence-electron chi connectivity index (χ2n) is 7.31. The Kier molecular flexibility index (Phi) is 6.01. The lowest BCUT2D eigenvalue weighted by atomic mass is 9.96.